The lowest BCUT2D eigenvalue weighted by molar-refractivity contribution is -0.154. The number of hydrazine groups is 1. The van der Waals surface area contributed by atoms with E-state index in [1.807, 2.05) is 12.1 Å². The van der Waals surface area contributed by atoms with Crippen molar-refractivity contribution in [1.29, 1.82) is 0 Å². The number of ether oxygens (including phenoxy) is 1. The van der Waals surface area contributed by atoms with Gasteiger partial charge in [-0.1, -0.05) is 6.07 Å². The van der Waals surface area contributed by atoms with E-state index in [1.54, 1.807) is 19.3 Å². The minimum Gasteiger partial charge on any atom is -0.465 e. The highest BCUT2D eigenvalue weighted by molar-refractivity contribution is 5.98. The summed E-state index contributed by atoms with van der Waals surface area (Å²) in [6.07, 6.45) is 3.75. The van der Waals surface area contributed by atoms with Crippen molar-refractivity contribution in [1.82, 2.24) is 15.8 Å². The Morgan fingerprint density at radius 1 is 1.61 bits per heavy atom. The van der Waals surface area contributed by atoms with Gasteiger partial charge >= 0.3 is 5.97 Å². The third-order valence-electron chi connectivity index (χ3n) is 2.82. The number of hydrogen-bond acceptors (Lipinski definition) is 5. The molecule has 1 saturated heterocycles. The lowest BCUT2D eigenvalue weighted by Gasteiger charge is -2.28. The molecule has 2 heterocycles. The van der Waals surface area contributed by atoms with Gasteiger partial charge in [-0.15, -0.1) is 0 Å². The molecule has 96 valence electrons. The van der Waals surface area contributed by atoms with Gasteiger partial charge in [-0.2, -0.15) is 0 Å². The van der Waals surface area contributed by atoms with Crippen molar-refractivity contribution in [3.05, 3.63) is 30.1 Å². The molecule has 1 fully saturated rings. The van der Waals surface area contributed by atoms with Crippen LogP contribution in [-0.4, -0.2) is 23.5 Å². The summed E-state index contributed by atoms with van der Waals surface area (Å²) in [5, 5.41) is 0. The van der Waals surface area contributed by atoms with Crippen LogP contribution in [0.15, 0.2) is 24.5 Å². The molecule has 0 aromatic carbocycles. The van der Waals surface area contributed by atoms with Crippen molar-refractivity contribution in [3.8, 4) is 0 Å². The number of amides is 1. The van der Waals surface area contributed by atoms with Crippen molar-refractivity contribution in [2.24, 2.45) is 5.92 Å². The minimum atomic E-state index is -0.767. The Balaban J connectivity index is 2.09. The monoisotopic (exact) mass is 249 g/mol. The molecule has 0 saturated carbocycles. The second-order valence-corrected chi connectivity index (χ2v) is 4.01. The van der Waals surface area contributed by atoms with Crippen LogP contribution in [-0.2, 0) is 14.3 Å². The first-order valence-corrected chi connectivity index (χ1v) is 5.84. The summed E-state index contributed by atoms with van der Waals surface area (Å²) in [6.45, 7) is 1.99. The van der Waals surface area contributed by atoms with Crippen molar-refractivity contribution < 1.29 is 14.3 Å². The maximum Gasteiger partial charge on any atom is 0.318 e. The van der Waals surface area contributed by atoms with Crippen molar-refractivity contribution in [2.45, 2.75) is 19.4 Å². The predicted octanol–water partition coefficient (Wildman–Crippen LogP) is 0.326. The van der Waals surface area contributed by atoms with Gasteiger partial charge in [0, 0.05) is 12.4 Å². The number of pyridine rings is 1. The number of nitrogens with one attached hydrogen (secondary N) is 2. The first-order chi connectivity index (χ1) is 8.72. The lowest BCUT2D eigenvalue weighted by Crippen LogP contribution is -2.51. The Bertz CT molecular complexity index is 435. The Morgan fingerprint density at radius 3 is 3.11 bits per heavy atom. The number of nitrogens with zero attached hydrogens (tertiary/aromatic N) is 1. The fourth-order valence-electron chi connectivity index (χ4n) is 1.89. The zero-order valence-corrected chi connectivity index (χ0v) is 10.1. The minimum absolute atomic E-state index is 0.134. The van der Waals surface area contributed by atoms with Gasteiger partial charge in [-0.3, -0.25) is 20.0 Å². The number of carbonyl (C=O) groups excluding carboxylic acids is 2. The van der Waals surface area contributed by atoms with Gasteiger partial charge in [-0.05, 0) is 25.0 Å². The van der Waals surface area contributed by atoms with Crippen LogP contribution in [0.4, 0.5) is 0 Å². The second-order valence-electron chi connectivity index (χ2n) is 4.01. The molecular weight excluding hydrogens is 234 g/mol. The van der Waals surface area contributed by atoms with E-state index in [2.05, 4.69) is 15.8 Å². The molecular formula is C12H15N3O3. The Hall–Kier alpha value is -1.95. The third kappa shape index (κ3) is 2.65. The molecule has 1 aromatic heterocycles. The third-order valence-corrected chi connectivity index (χ3v) is 2.82. The molecule has 2 rings (SSSR count). The van der Waals surface area contributed by atoms with Crippen LogP contribution >= 0.6 is 0 Å². The van der Waals surface area contributed by atoms with E-state index < -0.39 is 11.9 Å². The molecule has 1 amide bonds. The van der Waals surface area contributed by atoms with Gasteiger partial charge in [0.1, 0.15) is 5.92 Å². The fraction of sp³-hybridized carbons (Fsp3) is 0.417. The molecule has 2 N–H and O–H groups in total. The summed E-state index contributed by atoms with van der Waals surface area (Å²) < 4.78 is 4.89. The molecule has 2 unspecified atom stereocenters. The molecule has 2 atom stereocenters. The van der Waals surface area contributed by atoms with Crippen LogP contribution in [0.1, 0.15) is 24.9 Å². The summed E-state index contributed by atoms with van der Waals surface area (Å²) in [5.41, 5.74) is 6.29. The van der Waals surface area contributed by atoms with E-state index in [-0.39, 0.29) is 18.6 Å². The molecule has 0 bridgehead atoms. The average molecular weight is 249 g/mol. The highest BCUT2D eigenvalue weighted by Gasteiger charge is 2.35. The van der Waals surface area contributed by atoms with Gasteiger partial charge in [0.25, 0.3) is 0 Å². The summed E-state index contributed by atoms with van der Waals surface area (Å²) >= 11 is 0. The molecule has 6 heteroatoms. The van der Waals surface area contributed by atoms with Crippen molar-refractivity contribution in [3.63, 3.8) is 0 Å². The van der Waals surface area contributed by atoms with Crippen LogP contribution in [0.5, 0.6) is 0 Å². The first kappa shape index (κ1) is 12.5. The molecule has 1 aliphatic rings. The topological polar surface area (TPSA) is 80.3 Å². The maximum absolute atomic E-state index is 11.7. The molecule has 18 heavy (non-hydrogen) atoms. The van der Waals surface area contributed by atoms with Gasteiger partial charge < -0.3 is 4.74 Å². The SMILES string of the molecule is CCOC(=O)C1CC(c2cccnc2)NNC1=O. The molecule has 0 aliphatic carbocycles. The summed E-state index contributed by atoms with van der Waals surface area (Å²) in [4.78, 5) is 27.3. The first-order valence-electron chi connectivity index (χ1n) is 5.84. The maximum atomic E-state index is 11.7. The van der Waals surface area contributed by atoms with Gasteiger partial charge in [0.2, 0.25) is 5.91 Å². The molecule has 1 aliphatic heterocycles. The number of carbonyl (C=O) groups is 2. The Labute approximate surface area is 105 Å². The van der Waals surface area contributed by atoms with Crippen LogP contribution in [0.2, 0.25) is 0 Å². The van der Waals surface area contributed by atoms with Crippen LogP contribution in [0.3, 0.4) is 0 Å². The molecule has 0 spiro atoms. The van der Waals surface area contributed by atoms with E-state index in [0.717, 1.165) is 5.56 Å². The van der Waals surface area contributed by atoms with E-state index in [9.17, 15) is 9.59 Å². The zero-order chi connectivity index (χ0) is 13.0. The average Bonchev–Trinajstić information content (AvgIpc) is 2.40. The van der Waals surface area contributed by atoms with Crippen LogP contribution < -0.4 is 10.9 Å². The van der Waals surface area contributed by atoms with E-state index in [1.165, 1.54) is 0 Å². The highest BCUT2D eigenvalue weighted by atomic mass is 16.5. The quantitative estimate of drug-likeness (QED) is 0.596. The van der Waals surface area contributed by atoms with Gasteiger partial charge in [0.05, 0.1) is 12.6 Å². The second kappa shape index (κ2) is 5.59. The normalized spacial score (nSPS) is 23.3. The summed E-state index contributed by atoms with van der Waals surface area (Å²) in [6, 6.07) is 3.57. The molecule has 1 aromatic rings. The number of aromatic nitrogens is 1. The smallest absolute Gasteiger partial charge is 0.318 e. The number of hydrogen-bond donors (Lipinski definition) is 2. The van der Waals surface area contributed by atoms with Gasteiger partial charge in [-0.25, -0.2) is 5.43 Å². The predicted molar refractivity (Wildman–Crippen MR) is 63.0 cm³/mol. The fourth-order valence-corrected chi connectivity index (χ4v) is 1.89. The number of esters is 1. The molecule has 6 nitrogen and oxygen atoms in total. The summed E-state index contributed by atoms with van der Waals surface area (Å²) in [5.74, 6) is -1.60. The highest BCUT2D eigenvalue weighted by Crippen LogP contribution is 2.24. The van der Waals surface area contributed by atoms with Crippen LogP contribution in [0.25, 0.3) is 0 Å². The largest absolute Gasteiger partial charge is 0.465 e. The molecule has 0 radical (unpaired) electrons. The van der Waals surface area contributed by atoms with Crippen molar-refractivity contribution >= 4 is 11.9 Å². The van der Waals surface area contributed by atoms with Crippen LogP contribution in [0, 0.1) is 5.92 Å². The van der Waals surface area contributed by atoms with E-state index in [0.29, 0.717) is 6.42 Å². The Morgan fingerprint density at radius 2 is 2.44 bits per heavy atom. The van der Waals surface area contributed by atoms with E-state index in [4.69, 9.17) is 4.74 Å². The standard InChI is InChI=1S/C12H15N3O3/c1-2-18-12(17)9-6-10(14-15-11(9)16)8-4-3-5-13-7-8/h3-5,7,9-10,14H,2,6H2,1H3,(H,15,16). The summed E-state index contributed by atoms with van der Waals surface area (Å²) in [7, 11) is 0. The van der Waals surface area contributed by atoms with Crippen molar-refractivity contribution in [2.75, 3.05) is 6.61 Å². The van der Waals surface area contributed by atoms with Gasteiger partial charge in [0.15, 0.2) is 0 Å². The Kier molecular flexibility index (Phi) is 3.88. The van der Waals surface area contributed by atoms with E-state index >= 15 is 0 Å². The number of rotatable bonds is 3. The lowest BCUT2D eigenvalue weighted by atomic mass is 9.93. The zero-order valence-electron chi connectivity index (χ0n) is 10.1.